The molecule has 37 N–H and O–H groups in total. The Morgan fingerprint density at radius 1 is 0.225 bits per heavy atom. The first-order valence-electron chi connectivity index (χ1n) is 44.1. The molecule has 0 aromatic rings. The van der Waals surface area contributed by atoms with Crippen molar-refractivity contribution < 1.29 is 304 Å². The van der Waals surface area contributed by atoms with Crippen LogP contribution in [0.25, 0.3) is 0 Å². The van der Waals surface area contributed by atoms with Gasteiger partial charge in [0.1, 0.15) is 268 Å². The number of phosphoric acid groups is 2. The summed E-state index contributed by atoms with van der Waals surface area (Å²) < 4.78 is 159. The maximum absolute atomic E-state index is 13.8. The van der Waals surface area contributed by atoms with E-state index in [1.54, 1.807) is 0 Å². The second-order valence-electron chi connectivity index (χ2n) is 35.0. The molecule has 68 heteroatoms. The standard InChI is InChI=1S/C74H126N4O62P2/c1-16(86)75-31-46(101)58(25(10-84)122-64(31)113)133-65-34(78-19(4)89)47(102)59(26(11-85)128-65)134-72-57(112)61(136-74-63(51(106)39(94)24(9-83)127-74)138-71-55(110)50(105)40(95)29(131-71)14-120-141(114,115)139-66-32(76-17(2)87)44(99)35(90)20(5-79)123-66)43(98)28(130-72)12-118-68-56(111)60(135-69-53(108)48(103)37(92)22(7-81)125-69)42(97)27(129-68)13-119-73-62(137-70-54(109)49(104)38(93)23(8-82)126-70)52(107)41(96)30(132-73)15-121-142(116,117)140-67-33(77-18(3)88)45(100)36(91)21(6-80)124-67/h20-74,79-85,90-113H,5-15H2,1-4H3,(H,75,86)(H,76,87)(H,77,88)(H,78,89)(H,114,115)(H,116,117)/t20-,21-,22-,23-,24-,25-,26-,27-,28-,29-,30-,31-,32-,33-,34-,35-,36-,37-,38-,39-,40-,41-,42-,43-,44-,45-,46-,47-,48+,49+,50+,51+,52+,53+,54+,55+,56+,57+,58-,59-,60+,61+,62+,63+,64-,65+,66-,67-,68+,69-,70-,71-,72+,73+,74-/m1/s1. The first kappa shape index (κ1) is 118. The van der Waals surface area contributed by atoms with Gasteiger partial charge in [0, 0.05) is 27.7 Å². The van der Waals surface area contributed by atoms with Crippen LogP contribution >= 0.6 is 15.6 Å². The SMILES string of the molecule is CC(=O)N[C@@H]1[C@@H](O)[C@H](O[C@@H]2O[C@H](CO)[C@@H](O[C@@H]3O[C@H](CO[C@H]4O[C@H](CO[C@H]5O[C@H](COP(=O)(O)O[C@H]6O[C@H](CO)[C@@H](O)[C@H](O)[C@H]6NC(C)=O)[C@@H](O)[C@H](O)[C@@H]5O[C@H]5O[C@H](CO)[C@@H](O)[C@H](O)[C@@H]5O)[C@@H](O)[C@H](O[C@H]5O[C@H](CO)[C@@H](O)[C@H](O)[C@@H]5O)[C@@H]4O)[C@@H](O)[C@H](O[C@H]4O[C@H](CO)[C@@H](O)[C@H](O)[C@@H]4O[C@H]4O[C@H](COP(=O)(O)O[C@H]5O[C@H](CO)[C@@H](O)[C@H](O)[C@H]5NC(C)=O)[C@@H](O)[C@H](O)[C@@H]4O)[C@@H]3O)[C@H](O)[C@H]2NC(C)=O)[C@@H](CO)O[C@H]1O. The van der Waals surface area contributed by atoms with Gasteiger partial charge in [-0.15, -0.1) is 0 Å². The van der Waals surface area contributed by atoms with Gasteiger partial charge >= 0.3 is 15.6 Å². The topological polar surface area (TPSA) is 1030 Å². The van der Waals surface area contributed by atoms with Crippen molar-refractivity contribution >= 4 is 39.3 Å². The summed E-state index contributed by atoms with van der Waals surface area (Å²) in [7, 11) is -11.5. The Bertz CT molecular complexity index is 4070. The Morgan fingerprint density at radius 2 is 0.472 bits per heavy atom. The number of aliphatic hydroxyl groups excluding tert-OH is 31. The Labute approximate surface area is 800 Å². The molecular formula is C74H126N4O62P2. The third-order valence-corrected chi connectivity index (χ3v) is 26.9. The van der Waals surface area contributed by atoms with Gasteiger partial charge in [-0.25, -0.2) is 9.13 Å². The van der Waals surface area contributed by atoms with Crippen molar-refractivity contribution in [3.63, 3.8) is 0 Å². The van der Waals surface area contributed by atoms with Crippen molar-refractivity contribution in [3.05, 3.63) is 0 Å². The lowest BCUT2D eigenvalue weighted by Crippen LogP contribution is -2.70. The fourth-order valence-corrected chi connectivity index (χ4v) is 19.0. The summed E-state index contributed by atoms with van der Waals surface area (Å²) in [6.45, 7) is -10.1. The van der Waals surface area contributed by atoms with Crippen molar-refractivity contribution in [1.29, 1.82) is 0 Å². The molecular weight excluding hydrogens is 2000 g/mol. The minimum atomic E-state index is -5.77. The van der Waals surface area contributed by atoms with Crippen LogP contribution in [0, 0.1) is 0 Å². The normalized spacial score (nSPS) is 48.6. The summed E-state index contributed by atoms with van der Waals surface area (Å²) in [5, 5.41) is 356. The molecule has 11 aliphatic rings. The number of hydrogen-bond acceptors (Lipinski definition) is 60. The Balaban J connectivity index is 0.924. The molecule has 0 aromatic heterocycles. The molecule has 66 nitrogen and oxygen atoms in total. The van der Waals surface area contributed by atoms with Gasteiger partial charge in [0.2, 0.25) is 23.6 Å². The van der Waals surface area contributed by atoms with Crippen LogP contribution in [-0.2, 0) is 136 Å². The molecule has 11 aliphatic heterocycles. The summed E-state index contributed by atoms with van der Waals surface area (Å²) >= 11 is 0. The molecule has 0 bridgehead atoms. The van der Waals surface area contributed by atoms with Crippen molar-refractivity contribution in [1.82, 2.24) is 21.3 Å². The van der Waals surface area contributed by atoms with Gasteiger partial charge in [-0.2, -0.15) is 0 Å². The molecule has 11 saturated heterocycles. The van der Waals surface area contributed by atoms with E-state index in [2.05, 4.69) is 21.3 Å². The molecule has 0 aliphatic carbocycles. The highest BCUT2D eigenvalue weighted by atomic mass is 31.2. The number of carbonyl (C=O) groups excluding carboxylic acids is 4. The van der Waals surface area contributed by atoms with Crippen molar-refractivity contribution in [2.75, 3.05) is 72.7 Å². The molecule has 11 heterocycles. The fourth-order valence-electron chi connectivity index (χ4n) is 17.3. The van der Waals surface area contributed by atoms with E-state index < -0.39 is 449 Å². The summed E-state index contributed by atoms with van der Waals surface area (Å²) in [5.41, 5.74) is 0. The molecule has 0 spiro atoms. The van der Waals surface area contributed by atoms with Gasteiger partial charge < -0.3 is 279 Å². The number of ether oxygens (including phenoxy) is 19. The van der Waals surface area contributed by atoms with Gasteiger partial charge in [0.05, 0.1) is 72.7 Å². The average Bonchev–Trinajstić information content (AvgIpc) is 0.763. The highest BCUT2D eigenvalue weighted by Crippen LogP contribution is 2.50. The van der Waals surface area contributed by atoms with Gasteiger partial charge in [0.15, 0.2) is 69.2 Å². The van der Waals surface area contributed by atoms with E-state index >= 15 is 0 Å². The van der Waals surface area contributed by atoms with Crippen LogP contribution in [0.4, 0.5) is 0 Å². The number of nitrogens with one attached hydrogen (secondary N) is 4. The third kappa shape index (κ3) is 27.2. The first-order chi connectivity index (χ1) is 66.8. The second kappa shape index (κ2) is 51.0. The quantitative estimate of drug-likeness (QED) is 0.0254. The minimum Gasteiger partial charge on any atom is -0.394 e. The highest BCUT2D eigenvalue weighted by molar-refractivity contribution is 7.47. The van der Waals surface area contributed by atoms with Crippen molar-refractivity contribution in [2.24, 2.45) is 0 Å². The summed E-state index contributed by atoms with van der Waals surface area (Å²) in [6, 6.07) is -7.54. The van der Waals surface area contributed by atoms with E-state index in [-0.39, 0.29) is 0 Å². The molecule has 57 atom stereocenters. The lowest BCUT2D eigenvalue weighted by molar-refractivity contribution is -0.399. The van der Waals surface area contributed by atoms with Gasteiger partial charge in [-0.3, -0.25) is 37.3 Å². The molecule has 11 fully saturated rings. The smallest absolute Gasteiger partial charge is 0.394 e. The predicted octanol–water partition coefficient (Wildman–Crippen LogP) is -24.2. The molecule has 142 heavy (non-hydrogen) atoms. The molecule has 11 rings (SSSR count). The number of carbonyl (C=O) groups is 4. The summed E-state index contributed by atoms with van der Waals surface area (Å²) in [4.78, 5) is 71.8. The van der Waals surface area contributed by atoms with Crippen LogP contribution in [-0.4, -0.2) is 602 Å². The zero-order valence-corrected chi connectivity index (χ0v) is 76.8. The minimum absolute atomic E-state index is 0.846. The van der Waals surface area contributed by atoms with E-state index in [1.807, 2.05) is 0 Å². The average molecular weight is 2130 g/mol. The lowest BCUT2D eigenvalue weighted by Gasteiger charge is -2.51. The van der Waals surface area contributed by atoms with Crippen LogP contribution in [0.5, 0.6) is 0 Å². The summed E-state index contributed by atoms with van der Waals surface area (Å²) in [5.74, 6) is -3.73. The second-order valence-corrected chi connectivity index (χ2v) is 37.8. The first-order valence-corrected chi connectivity index (χ1v) is 47.1. The number of phosphoric ester groups is 2. The van der Waals surface area contributed by atoms with Crippen LogP contribution < -0.4 is 21.3 Å². The lowest BCUT2D eigenvalue weighted by atomic mass is 9.94. The Morgan fingerprint density at radius 3 is 0.866 bits per heavy atom. The zero-order valence-electron chi connectivity index (χ0n) is 75.0. The number of aliphatic hydroxyl groups is 31. The van der Waals surface area contributed by atoms with Crippen LogP contribution in [0.15, 0.2) is 0 Å². The van der Waals surface area contributed by atoms with Gasteiger partial charge in [-0.1, -0.05) is 0 Å². The Hall–Kier alpha value is -3.90. The Kier molecular flexibility index (Phi) is 42.5. The molecule has 0 radical (unpaired) electrons. The van der Waals surface area contributed by atoms with Crippen LogP contribution in [0.1, 0.15) is 27.7 Å². The largest absolute Gasteiger partial charge is 0.474 e. The van der Waals surface area contributed by atoms with Crippen LogP contribution in [0.3, 0.4) is 0 Å². The zero-order chi connectivity index (χ0) is 105. The van der Waals surface area contributed by atoms with E-state index in [9.17, 15) is 196 Å². The fraction of sp³-hybridized carbons (Fsp3) is 0.946. The maximum atomic E-state index is 13.8. The monoisotopic (exact) mass is 2120 g/mol. The molecule has 4 amide bonds. The van der Waals surface area contributed by atoms with E-state index in [4.69, 9.17) is 108 Å². The summed E-state index contributed by atoms with van der Waals surface area (Å²) in [6.07, 6.45) is -117. The van der Waals surface area contributed by atoms with Gasteiger partial charge in [-0.05, 0) is 0 Å². The number of amides is 4. The van der Waals surface area contributed by atoms with Crippen molar-refractivity contribution in [3.8, 4) is 0 Å². The number of hydrogen-bond donors (Lipinski definition) is 37. The van der Waals surface area contributed by atoms with Crippen LogP contribution in [0.2, 0.25) is 0 Å². The molecule has 2 unspecified atom stereocenters. The highest BCUT2D eigenvalue weighted by Gasteiger charge is 2.62. The third-order valence-electron chi connectivity index (χ3n) is 25.0. The van der Waals surface area contributed by atoms with E-state index in [0.29, 0.717) is 0 Å². The van der Waals surface area contributed by atoms with Crippen molar-refractivity contribution in [2.45, 2.75) is 365 Å². The van der Waals surface area contributed by atoms with Gasteiger partial charge in [0.25, 0.3) is 0 Å². The predicted molar refractivity (Wildman–Crippen MR) is 431 cm³/mol. The van der Waals surface area contributed by atoms with E-state index in [0.717, 1.165) is 27.7 Å². The van der Waals surface area contributed by atoms with E-state index in [1.165, 1.54) is 0 Å². The molecule has 0 saturated carbocycles. The molecule has 824 valence electrons. The maximum Gasteiger partial charge on any atom is 0.474 e. The number of rotatable bonds is 39. The molecule has 0 aromatic carbocycles.